The average molecular weight is 272 g/mol. The van der Waals surface area contributed by atoms with Crippen LogP contribution in [0.5, 0.6) is 5.88 Å². The normalized spacial score (nSPS) is 10.8. The van der Waals surface area contributed by atoms with Gasteiger partial charge < -0.3 is 15.4 Å². The van der Waals surface area contributed by atoms with E-state index in [1.165, 1.54) is 5.56 Å². The monoisotopic (exact) mass is 272 g/mol. The van der Waals surface area contributed by atoms with Crippen molar-refractivity contribution in [3.63, 3.8) is 0 Å². The molecule has 0 spiro atoms. The van der Waals surface area contributed by atoms with Crippen LogP contribution in [0.25, 0.3) is 11.3 Å². The predicted octanol–water partition coefficient (Wildman–Crippen LogP) is 1.97. The Labute approximate surface area is 119 Å². The maximum Gasteiger partial charge on any atom is 0.233 e. The largest absolute Gasteiger partial charge is 0.475 e. The number of likely N-dealkylation sites (N-methyl/N-ethyl adjacent to an activating group) is 1. The fourth-order valence-electron chi connectivity index (χ4n) is 1.71. The quantitative estimate of drug-likeness (QED) is 0.901. The Morgan fingerprint density at radius 1 is 1.20 bits per heavy atom. The highest BCUT2D eigenvalue weighted by Gasteiger charge is 2.08. The molecule has 5 nitrogen and oxygen atoms in total. The molecule has 5 heteroatoms. The van der Waals surface area contributed by atoms with E-state index in [9.17, 15) is 0 Å². The van der Waals surface area contributed by atoms with Crippen LogP contribution in [0.1, 0.15) is 5.56 Å². The summed E-state index contributed by atoms with van der Waals surface area (Å²) in [6.07, 6.45) is 1.56. The third kappa shape index (κ3) is 3.68. The molecule has 2 N–H and O–H groups in total. The van der Waals surface area contributed by atoms with E-state index in [1.807, 2.05) is 50.2 Å². The zero-order valence-corrected chi connectivity index (χ0v) is 12.1. The van der Waals surface area contributed by atoms with Crippen LogP contribution in [0.15, 0.2) is 30.5 Å². The Bertz CT molecular complexity index is 567. The minimum absolute atomic E-state index is 0.411. The highest BCUT2D eigenvalue weighted by molar-refractivity contribution is 5.70. The van der Waals surface area contributed by atoms with E-state index in [1.54, 1.807) is 6.20 Å². The molecule has 0 unspecified atom stereocenters. The highest BCUT2D eigenvalue weighted by Crippen LogP contribution is 2.24. The van der Waals surface area contributed by atoms with E-state index in [0.717, 1.165) is 12.1 Å². The molecule has 1 heterocycles. The summed E-state index contributed by atoms with van der Waals surface area (Å²) in [5.74, 6) is 0.908. The molecular weight excluding hydrogens is 252 g/mol. The summed E-state index contributed by atoms with van der Waals surface area (Å²) < 4.78 is 5.59. The molecule has 0 bridgehead atoms. The molecule has 0 atom stereocenters. The zero-order chi connectivity index (χ0) is 14.5. The molecule has 0 fully saturated rings. The maximum absolute atomic E-state index is 5.90. The van der Waals surface area contributed by atoms with Gasteiger partial charge in [0.1, 0.15) is 18.1 Å². The Hall–Kier alpha value is -2.14. The van der Waals surface area contributed by atoms with Crippen molar-refractivity contribution in [1.82, 2.24) is 14.9 Å². The lowest BCUT2D eigenvalue weighted by Crippen LogP contribution is -2.19. The van der Waals surface area contributed by atoms with E-state index in [0.29, 0.717) is 24.0 Å². The topological polar surface area (TPSA) is 64.3 Å². The van der Waals surface area contributed by atoms with Crippen molar-refractivity contribution in [2.75, 3.05) is 33.0 Å². The van der Waals surface area contributed by atoms with Gasteiger partial charge >= 0.3 is 0 Å². The second kappa shape index (κ2) is 6.34. The SMILES string of the molecule is Cc1ccc(-c2nc(OCCN(C)C)cnc2N)cc1. The van der Waals surface area contributed by atoms with E-state index in [2.05, 4.69) is 9.97 Å². The summed E-state index contributed by atoms with van der Waals surface area (Å²) in [5.41, 5.74) is 8.70. The molecule has 0 saturated heterocycles. The Balaban J connectivity index is 2.18. The number of nitrogens with zero attached hydrogens (tertiary/aromatic N) is 3. The van der Waals surface area contributed by atoms with Gasteiger partial charge in [-0.25, -0.2) is 9.97 Å². The van der Waals surface area contributed by atoms with Gasteiger partial charge in [0.2, 0.25) is 5.88 Å². The number of benzene rings is 1. The molecule has 2 rings (SSSR count). The molecule has 0 saturated carbocycles. The van der Waals surface area contributed by atoms with Crippen LogP contribution in [0.4, 0.5) is 5.82 Å². The highest BCUT2D eigenvalue weighted by atomic mass is 16.5. The Kier molecular flexibility index (Phi) is 4.53. The average Bonchev–Trinajstić information content (AvgIpc) is 2.41. The molecule has 106 valence electrons. The molecule has 0 aliphatic rings. The summed E-state index contributed by atoms with van der Waals surface area (Å²) in [7, 11) is 3.99. The minimum atomic E-state index is 0.411. The number of nitrogens with two attached hydrogens (primary N) is 1. The number of anilines is 1. The Morgan fingerprint density at radius 2 is 1.90 bits per heavy atom. The van der Waals surface area contributed by atoms with Gasteiger partial charge in [0.15, 0.2) is 0 Å². The third-order valence-corrected chi connectivity index (χ3v) is 2.89. The lowest BCUT2D eigenvalue weighted by molar-refractivity contribution is 0.253. The second-order valence-corrected chi connectivity index (χ2v) is 4.96. The van der Waals surface area contributed by atoms with E-state index >= 15 is 0 Å². The standard InChI is InChI=1S/C15H20N4O/c1-11-4-6-12(7-5-11)14-15(16)17-10-13(18-14)20-9-8-19(2)3/h4-7,10H,8-9H2,1-3H3,(H2,16,17). The van der Waals surface area contributed by atoms with E-state index in [-0.39, 0.29) is 0 Å². The smallest absolute Gasteiger partial charge is 0.233 e. The number of hydrogen-bond acceptors (Lipinski definition) is 5. The van der Waals surface area contributed by atoms with Crippen molar-refractivity contribution in [3.05, 3.63) is 36.0 Å². The number of nitrogen functional groups attached to an aromatic ring is 1. The zero-order valence-electron chi connectivity index (χ0n) is 12.1. The number of hydrogen-bond donors (Lipinski definition) is 1. The molecule has 20 heavy (non-hydrogen) atoms. The number of aryl methyl sites for hydroxylation is 1. The first kappa shape index (κ1) is 14.3. The lowest BCUT2D eigenvalue weighted by atomic mass is 10.1. The van der Waals surface area contributed by atoms with Crippen molar-refractivity contribution < 1.29 is 4.74 Å². The van der Waals surface area contributed by atoms with Gasteiger partial charge in [-0.15, -0.1) is 0 Å². The van der Waals surface area contributed by atoms with Crippen molar-refractivity contribution in [2.45, 2.75) is 6.92 Å². The summed E-state index contributed by atoms with van der Waals surface area (Å²) in [4.78, 5) is 10.6. The van der Waals surface area contributed by atoms with Crippen LogP contribution in [0.3, 0.4) is 0 Å². The molecular formula is C15H20N4O. The third-order valence-electron chi connectivity index (χ3n) is 2.89. The Morgan fingerprint density at radius 3 is 2.55 bits per heavy atom. The van der Waals surface area contributed by atoms with Crippen molar-refractivity contribution in [1.29, 1.82) is 0 Å². The second-order valence-electron chi connectivity index (χ2n) is 4.96. The fraction of sp³-hybridized carbons (Fsp3) is 0.333. The molecule has 0 aliphatic carbocycles. The summed E-state index contributed by atoms with van der Waals surface area (Å²) in [6.45, 7) is 3.43. The number of rotatable bonds is 5. The van der Waals surface area contributed by atoms with E-state index < -0.39 is 0 Å². The predicted molar refractivity (Wildman–Crippen MR) is 80.7 cm³/mol. The first-order chi connectivity index (χ1) is 9.56. The van der Waals surface area contributed by atoms with Crippen LogP contribution in [0, 0.1) is 6.92 Å². The molecule has 2 aromatic rings. The van der Waals surface area contributed by atoms with Gasteiger partial charge in [-0.3, -0.25) is 0 Å². The van der Waals surface area contributed by atoms with E-state index in [4.69, 9.17) is 10.5 Å². The summed E-state index contributed by atoms with van der Waals surface area (Å²) in [6, 6.07) is 8.02. The minimum Gasteiger partial charge on any atom is -0.475 e. The van der Waals surface area contributed by atoms with Gasteiger partial charge in [0.25, 0.3) is 0 Å². The summed E-state index contributed by atoms with van der Waals surface area (Å²) >= 11 is 0. The molecule has 0 aliphatic heterocycles. The number of aromatic nitrogens is 2. The summed E-state index contributed by atoms with van der Waals surface area (Å²) in [5, 5.41) is 0. The van der Waals surface area contributed by atoms with Crippen molar-refractivity contribution in [3.8, 4) is 17.1 Å². The maximum atomic E-state index is 5.90. The van der Waals surface area contributed by atoms with Crippen molar-refractivity contribution in [2.24, 2.45) is 0 Å². The van der Waals surface area contributed by atoms with Crippen LogP contribution in [-0.4, -0.2) is 42.1 Å². The van der Waals surface area contributed by atoms with Gasteiger partial charge in [0.05, 0.1) is 6.20 Å². The first-order valence-corrected chi connectivity index (χ1v) is 6.53. The van der Waals surface area contributed by atoms with Gasteiger partial charge in [0, 0.05) is 12.1 Å². The van der Waals surface area contributed by atoms with Crippen LogP contribution in [-0.2, 0) is 0 Å². The van der Waals surface area contributed by atoms with Crippen LogP contribution in [0.2, 0.25) is 0 Å². The molecule has 1 aromatic heterocycles. The number of ether oxygens (including phenoxy) is 1. The molecule has 0 radical (unpaired) electrons. The fourth-order valence-corrected chi connectivity index (χ4v) is 1.71. The lowest BCUT2D eigenvalue weighted by Gasteiger charge is -2.11. The van der Waals surface area contributed by atoms with Crippen LogP contribution < -0.4 is 10.5 Å². The van der Waals surface area contributed by atoms with Crippen molar-refractivity contribution >= 4 is 5.82 Å². The first-order valence-electron chi connectivity index (χ1n) is 6.53. The van der Waals surface area contributed by atoms with Crippen LogP contribution >= 0.6 is 0 Å². The van der Waals surface area contributed by atoms with Gasteiger partial charge in [-0.05, 0) is 21.0 Å². The van der Waals surface area contributed by atoms with Gasteiger partial charge in [-0.2, -0.15) is 0 Å². The molecule has 1 aromatic carbocycles. The molecule has 0 amide bonds. The van der Waals surface area contributed by atoms with Gasteiger partial charge in [-0.1, -0.05) is 29.8 Å².